The summed E-state index contributed by atoms with van der Waals surface area (Å²) in [6.07, 6.45) is 0. The van der Waals surface area contributed by atoms with Crippen LogP contribution < -0.4 is 10.6 Å². The molecule has 0 aliphatic carbocycles. The van der Waals surface area contributed by atoms with Gasteiger partial charge in [0, 0.05) is 6.54 Å². The lowest BCUT2D eigenvalue weighted by molar-refractivity contribution is -0.120. The molecule has 1 heterocycles. The highest BCUT2D eigenvalue weighted by atomic mass is 16.4. The summed E-state index contributed by atoms with van der Waals surface area (Å²) in [6.45, 7) is 5.19. The van der Waals surface area contributed by atoms with Crippen LogP contribution in [0.15, 0.2) is 18.2 Å². The third-order valence-electron chi connectivity index (χ3n) is 3.60. The Kier molecular flexibility index (Phi) is 3.85. The van der Waals surface area contributed by atoms with Crippen LogP contribution in [0, 0.1) is 18.8 Å². The summed E-state index contributed by atoms with van der Waals surface area (Å²) in [5.41, 5.74) is 1.17. The first-order valence-electron chi connectivity index (χ1n) is 6.35. The van der Waals surface area contributed by atoms with E-state index in [0.717, 1.165) is 6.54 Å². The number of amides is 1. The molecule has 19 heavy (non-hydrogen) atoms. The summed E-state index contributed by atoms with van der Waals surface area (Å²) < 4.78 is 0. The third kappa shape index (κ3) is 2.76. The Hall–Kier alpha value is -1.88. The van der Waals surface area contributed by atoms with Crippen LogP contribution in [0.1, 0.15) is 22.8 Å². The number of benzene rings is 1. The topological polar surface area (TPSA) is 78.4 Å². The largest absolute Gasteiger partial charge is 0.478 e. The number of nitrogens with one attached hydrogen (secondary N) is 2. The minimum Gasteiger partial charge on any atom is -0.478 e. The van der Waals surface area contributed by atoms with E-state index in [1.165, 1.54) is 0 Å². The van der Waals surface area contributed by atoms with Gasteiger partial charge in [-0.1, -0.05) is 19.1 Å². The van der Waals surface area contributed by atoms with E-state index < -0.39 is 5.97 Å². The predicted octanol–water partition coefficient (Wildman–Crippen LogP) is 1.49. The van der Waals surface area contributed by atoms with Gasteiger partial charge in [-0.3, -0.25) is 4.79 Å². The van der Waals surface area contributed by atoms with Crippen LogP contribution in [-0.4, -0.2) is 30.1 Å². The van der Waals surface area contributed by atoms with E-state index in [9.17, 15) is 14.7 Å². The number of carbonyl (C=O) groups is 2. The molecule has 1 aliphatic heterocycles. The molecule has 5 heteroatoms. The van der Waals surface area contributed by atoms with Gasteiger partial charge < -0.3 is 15.7 Å². The van der Waals surface area contributed by atoms with Crippen LogP contribution >= 0.6 is 0 Å². The molecule has 0 bridgehead atoms. The fourth-order valence-electron chi connectivity index (χ4n) is 2.44. The zero-order chi connectivity index (χ0) is 14.0. The monoisotopic (exact) mass is 262 g/mol. The van der Waals surface area contributed by atoms with Crippen molar-refractivity contribution in [3.63, 3.8) is 0 Å². The van der Waals surface area contributed by atoms with Crippen LogP contribution in [0.2, 0.25) is 0 Å². The van der Waals surface area contributed by atoms with Gasteiger partial charge >= 0.3 is 5.97 Å². The number of carbonyl (C=O) groups excluding carboxylic acids is 1. The van der Waals surface area contributed by atoms with Gasteiger partial charge in [-0.05, 0) is 31.0 Å². The van der Waals surface area contributed by atoms with E-state index in [1.54, 1.807) is 25.1 Å². The number of aryl methyl sites for hydroxylation is 1. The molecule has 0 radical (unpaired) electrons. The lowest BCUT2D eigenvalue weighted by atomic mass is 9.97. The minimum atomic E-state index is -1.02. The van der Waals surface area contributed by atoms with E-state index in [4.69, 9.17) is 0 Å². The van der Waals surface area contributed by atoms with Crippen LogP contribution in [0.25, 0.3) is 0 Å². The number of carboxylic acids is 1. The average Bonchev–Trinajstić information content (AvgIpc) is 2.75. The second-order valence-corrected chi connectivity index (χ2v) is 5.03. The Bertz CT molecular complexity index is 513. The number of hydrogen-bond donors (Lipinski definition) is 3. The minimum absolute atomic E-state index is 0.109. The van der Waals surface area contributed by atoms with E-state index in [0.29, 0.717) is 17.8 Å². The number of anilines is 1. The predicted molar refractivity (Wildman–Crippen MR) is 72.3 cm³/mol. The van der Waals surface area contributed by atoms with Crippen molar-refractivity contribution in [3.05, 3.63) is 29.3 Å². The highest BCUT2D eigenvalue weighted by Crippen LogP contribution is 2.23. The maximum atomic E-state index is 12.2. The summed E-state index contributed by atoms with van der Waals surface area (Å²) in [5, 5.41) is 15.1. The highest BCUT2D eigenvalue weighted by Gasteiger charge is 2.30. The first-order valence-corrected chi connectivity index (χ1v) is 6.35. The Labute approximate surface area is 112 Å². The van der Waals surface area contributed by atoms with Crippen LogP contribution in [-0.2, 0) is 4.79 Å². The molecule has 2 rings (SSSR count). The molecule has 2 unspecified atom stereocenters. The van der Waals surface area contributed by atoms with Gasteiger partial charge in [-0.15, -0.1) is 0 Å². The average molecular weight is 262 g/mol. The van der Waals surface area contributed by atoms with Crippen molar-refractivity contribution in [1.29, 1.82) is 0 Å². The molecule has 102 valence electrons. The summed E-state index contributed by atoms with van der Waals surface area (Å²) >= 11 is 0. The molecule has 0 saturated carbocycles. The second kappa shape index (κ2) is 5.40. The highest BCUT2D eigenvalue weighted by molar-refractivity contribution is 6.02. The van der Waals surface area contributed by atoms with Gasteiger partial charge in [-0.25, -0.2) is 4.79 Å². The number of rotatable bonds is 3. The summed E-state index contributed by atoms with van der Waals surface area (Å²) in [7, 11) is 0. The van der Waals surface area contributed by atoms with Crippen molar-refractivity contribution >= 4 is 17.6 Å². The Morgan fingerprint density at radius 3 is 2.68 bits per heavy atom. The number of carboxylic acid groups (broad SMARTS) is 1. The Morgan fingerprint density at radius 1 is 1.37 bits per heavy atom. The quantitative estimate of drug-likeness (QED) is 0.771. The number of hydrogen-bond acceptors (Lipinski definition) is 3. The van der Waals surface area contributed by atoms with E-state index in [1.807, 2.05) is 6.92 Å². The first-order chi connectivity index (χ1) is 9.00. The van der Waals surface area contributed by atoms with Crippen molar-refractivity contribution in [1.82, 2.24) is 5.32 Å². The van der Waals surface area contributed by atoms with Gasteiger partial charge in [-0.2, -0.15) is 0 Å². The van der Waals surface area contributed by atoms with Crippen molar-refractivity contribution in [2.45, 2.75) is 13.8 Å². The van der Waals surface area contributed by atoms with Crippen LogP contribution in [0.4, 0.5) is 5.69 Å². The van der Waals surface area contributed by atoms with E-state index in [-0.39, 0.29) is 23.3 Å². The van der Waals surface area contributed by atoms with Crippen molar-refractivity contribution in [2.75, 3.05) is 18.4 Å². The standard InChI is InChI=1S/C14H18N2O3/c1-8-4-3-5-11(12(8)14(18)19)16-13(17)10-7-15-6-9(10)2/h3-5,9-10,15H,6-7H2,1-2H3,(H,16,17)(H,18,19). The van der Waals surface area contributed by atoms with E-state index >= 15 is 0 Å². The molecular weight excluding hydrogens is 244 g/mol. The zero-order valence-corrected chi connectivity index (χ0v) is 11.1. The van der Waals surface area contributed by atoms with Gasteiger partial charge in [0.25, 0.3) is 0 Å². The molecule has 1 saturated heterocycles. The molecule has 1 aromatic carbocycles. The molecule has 2 atom stereocenters. The number of aromatic carboxylic acids is 1. The maximum absolute atomic E-state index is 12.2. The normalized spacial score (nSPS) is 22.2. The summed E-state index contributed by atoms with van der Waals surface area (Å²) in [5.74, 6) is -0.989. The molecule has 5 nitrogen and oxygen atoms in total. The van der Waals surface area contributed by atoms with Gasteiger partial charge in [0.2, 0.25) is 5.91 Å². The SMILES string of the molecule is Cc1cccc(NC(=O)C2CNCC2C)c1C(=O)O. The van der Waals surface area contributed by atoms with Crippen molar-refractivity contribution < 1.29 is 14.7 Å². The summed E-state index contributed by atoms with van der Waals surface area (Å²) in [4.78, 5) is 23.4. The fourth-order valence-corrected chi connectivity index (χ4v) is 2.44. The third-order valence-corrected chi connectivity index (χ3v) is 3.60. The molecule has 1 aliphatic rings. The molecule has 3 N–H and O–H groups in total. The van der Waals surface area contributed by atoms with Gasteiger partial charge in [0.1, 0.15) is 0 Å². The van der Waals surface area contributed by atoms with Crippen LogP contribution in [0.5, 0.6) is 0 Å². The lowest BCUT2D eigenvalue weighted by Gasteiger charge is -2.16. The molecular formula is C14H18N2O3. The maximum Gasteiger partial charge on any atom is 0.338 e. The second-order valence-electron chi connectivity index (χ2n) is 5.03. The van der Waals surface area contributed by atoms with Crippen molar-refractivity contribution in [2.24, 2.45) is 11.8 Å². The summed E-state index contributed by atoms with van der Waals surface area (Å²) in [6, 6.07) is 5.09. The molecule has 1 aromatic rings. The molecule has 0 aromatic heterocycles. The van der Waals surface area contributed by atoms with E-state index in [2.05, 4.69) is 10.6 Å². The molecule has 0 spiro atoms. The Morgan fingerprint density at radius 2 is 2.11 bits per heavy atom. The molecule has 1 amide bonds. The lowest BCUT2D eigenvalue weighted by Crippen LogP contribution is -2.28. The van der Waals surface area contributed by atoms with Gasteiger partial charge in [0.05, 0.1) is 17.2 Å². The zero-order valence-electron chi connectivity index (χ0n) is 11.1. The Balaban J connectivity index is 2.21. The van der Waals surface area contributed by atoms with Gasteiger partial charge in [0.15, 0.2) is 0 Å². The fraction of sp³-hybridized carbons (Fsp3) is 0.429. The first kappa shape index (κ1) is 13.5. The molecule has 1 fully saturated rings. The van der Waals surface area contributed by atoms with Crippen molar-refractivity contribution in [3.8, 4) is 0 Å². The smallest absolute Gasteiger partial charge is 0.338 e. The van der Waals surface area contributed by atoms with Crippen LogP contribution in [0.3, 0.4) is 0 Å².